The summed E-state index contributed by atoms with van der Waals surface area (Å²) in [6.45, 7) is 4.04. The van der Waals surface area contributed by atoms with Gasteiger partial charge in [-0.2, -0.15) is 0 Å². The Hall–Kier alpha value is -2.09. The SMILES string of the molecule is Cc1cccc(C(=O)CCc2ccc(N)cc2)c1C. The van der Waals surface area contributed by atoms with Gasteiger partial charge >= 0.3 is 0 Å². The number of carbonyl (C=O) groups excluding carboxylic acids is 1. The van der Waals surface area contributed by atoms with Crippen LogP contribution >= 0.6 is 0 Å². The fraction of sp³-hybridized carbons (Fsp3) is 0.235. The predicted octanol–water partition coefficient (Wildman–Crippen LogP) is 3.70. The van der Waals surface area contributed by atoms with Crippen molar-refractivity contribution in [1.82, 2.24) is 0 Å². The van der Waals surface area contributed by atoms with E-state index in [1.54, 1.807) is 0 Å². The molecule has 2 rings (SSSR count). The topological polar surface area (TPSA) is 43.1 Å². The van der Waals surface area contributed by atoms with Gasteiger partial charge in [-0.3, -0.25) is 4.79 Å². The van der Waals surface area contributed by atoms with Crippen molar-refractivity contribution in [3.05, 3.63) is 64.7 Å². The fourth-order valence-electron chi connectivity index (χ4n) is 2.13. The minimum atomic E-state index is 0.207. The summed E-state index contributed by atoms with van der Waals surface area (Å²) in [6.07, 6.45) is 1.29. The van der Waals surface area contributed by atoms with E-state index in [-0.39, 0.29) is 5.78 Å². The van der Waals surface area contributed by atoms with E-state index >= 15 is 0 Å². The van der Waals surface area contributed by atoms with Crippen molar-refractivity contribution in [2.24, 2.45) is 0 Å². The van der Waals surface area contributed by atoms with E-state index in [1.165, 1.54) is 5.56 Å². The lowest BCUT2D eigenvalue weighted by Crippen LogP contribution is -2.04. The molecule has 0 fully saturated rings. The van der Waals surface area contributed by atoms with Crippen LogP contribution in [0.3, 0.4) is 0 Å². The largest absolute Gasteiger partial charge is 0.399 e. The molecular weight excluding hydrogens is 234 g/mol. The zero-order valence-electron chi connectivity index (χ0n) is 11.4. The number of rotatable bonds is 4. The van der Waals surface area contributed by atoms with Crippen LogP contribution in [-0.2, 0) is 6.42 Å². The maximum Gasteiger partial charge on any atom is 0.163 e. The highest BCUT2D eigenvalue weighted by molar-refractivity contribution is 5.97. The molecule has 0 bridgehead atoms. The summed E-state index contributed by atoms with van der Waals surface area (Å²) in [5, 5.41) is 0. The molecule has 0 aliphatic carbocycles. The Balaban J connectivity index is 2.05. The third kappa shape index (κ3) is 3.22. The van der Waals surface area contributed by atoms with E-state index in [0.717, 1.165) is 28.8 Å². The highest BCUT2D eigenvalue weighted by Gasteiger charge is 2.10. The highest BCUT2D eigenvalue weighted by atomic mass is 16.1. The number of hydrogen-bond acceptors (Lipinski definition) is 2. The number of Topliss-reactive ketones (excluding diaryl/α,β-unsaturated/α-hetero) is 1. The zero-order valence-corrected chi connectivity index (χ0v) is 11.4. The number of hydrogen-bond donors (Lipinski definition) is 1. The number of ketones is 1. The summed E-state index contributed by atoms with van der Waals surface area (Å²) in [5.74, 6) is 0.207. The Kier molecular flexibility index (Phi) is 4.00. The molecule has 0 unspecified atom stereocenters. The third-order valence-electron chi connectivity index (χ3n) is 3.53. The van der Waals surface area contributed by atoms with E-state index in [9.17, 15) is 4.79 Å². The normalized spacial score (nSPS) is 10.4. The van der Waals surface area contributed by atoms with Crippen LogP contribution in [0.1, 0.15) is 33.5 Å². The van der Waals surface area contributed by atoms with Gasteiger partial charge in [-0.1, -0.05) is 30.3 Å². The Morgan fingerprint density at radius 3 is 2.42 bits per heavy atom. The van der Waals surface area contributed by atoms with Crippen molar-refractivity contribution in [1.29, 1.82) is 0 Å². The highest BCUT2D eigenvalue weighted by Crippen LogP contribution is 2.16. The van der Waals surface area contributed by atoms with Gasteiger partial charge in [0.25, 0.3) is 0 Å². The summed E-state index contributed by atoms with van der Waals surface area (Å²) >= 11 is 0. The van der Waals surface area contributed by atoms with E-state index < -0.39 is 0 Å². The molecule has 0 aromatic heterocycles. The molecule has 0 saturated heterocycles. The minimum absolute atomic E-state index is 0.207. The van der Waals surface area contributed by atoms with Gasteiger partial charge in [0.1, 0.15) is 0 Å². The summed E-state index contributed by atoms with van der Waals surface area (Å²) in [5.41, 5.74) is 10.6. The van der Waals surface area contributed by atoms with Crippen molar-refractivity contribution < 1.29 is 4.79 Å². The Morgan fingerprint density at radius 2 is 1.74 bits per heavy atom. The van der Waals surface area contributed by atoms with Crippen LogP contribution in [0.4, 0.5) is 5.69 Å². The van der Waals surface area contributed by atoms with Gasteiger partial charge in [0, 0.05) is 17.7 Å². The van der Waals surface area contributed by atoms with Gasteiger partial charge in [0.05, 0.1) is 0 Å². The third-order valence-corrected chi connectivity index (χ3v) is 3.53. The predicted molar refractivity (Wildman–Crippen MR) is 79.4 cm³/mol. The minimum Gasteiger partial charge on any atom is -0.399 e. The molecule has 0 aliphatic heterocycles. The van der Waals surface area contributed by atoms with Crippen molar-refractivity contribution >= 4 is 11.5 Å². The second-order valence-corrected chi connectivity index (χ2v) is 4.91. The van der Waals surface area contributed by atoms with E-state index in [2.05, 4.69) is 0 Å². The molecule has 19 heavy (non-hydrogen) atoms. The summed E-state index contributed by atoms with van der Waals surface area (Å²) < 4.78 is 0. The Bertz CT molecular complexity index is 585. The molecule has 98 valence electrons. The molecule has 0 atom stereocenters. The smallest absolute Gasteiger partial charge is 0.163 e. The average Bonchev–Trinajstić information content (AvgIpc) is 2.41. The molecule has 2 aromatic carbocycles. The second kappa shape index (κ2) is 5.70. The van der Waals surface area contributed by atoms with Crippen molar-refractivity contribution in [3.63, 3.8) is 0 Å². The number of nitrogens with two attached hydrogens (primary N) is 1. The summed E-state index contributed by atoms with van der Waals surface area (Å²) in [6, 6.07) is 13.6. The molecule has 0 amide bonds. The average molecular weight is 253 g/mol. The molecule has 2 heteroatoms. The maximum atomic E-state index is 12.2. The number of anilines is 1. The van der Waals surface area contributed by atoms with Crippen LogP contribution < -0.4 is 5.73 Å². The number of benzene rings is 2. The van der Waals surface area contributed by atoms with E-state index in [1.807, 2.05) is 56.3 Å². The lowest BCUT2D eigenvalue weighted by Gasteiger charge is -2.07. The van der Waals surface area contributed by atoms with Gasteiger partial charge in [0.2, 0.25) is 0 Å². The van der Waals surface area contributed by atoms with Crippen molar-refractivity contribution in [3.8, 4) is 0 Å². The first kappa shape index (κ1) is 13.3. The molecule has 0 saturated carbocycles. The fourth-order valence-corrected chi connectivity index (χ4v) is 2.13. The van der Waals surface area contributed by atoms with Gasteiger partial charge < -0.3 is 5.73 Å². The van der Waals surface area contributed by atoms with Crippen LogP contribution in [-0.4, -0.2) is 5.78 Å². The van der Waals surface area contributed by atoms with Crippen molar-refractivity contribution in [2.45, 2.75) is 26.7 Å². The standard InChI is InChI=1S/C17H19NO/c1-12-4-3-5-16(13(12)2)17(19)11-8-14-6-9-15(18)10-7-14/h3-7,9-10H,8,11,18H2,1-2H3. The van der Waals surface area contributed by atoms with Crippen LogP contribution in [0.25, 0.3) is 0 Å². The van der Waals surface area contributed by atoms with Gasteiger partial charge in [-0.05, 0) is 49.1 Å². The number of nitrogen functional groups attached to an aromatic ring is 1. The molecule has 2 N–H and O–H groups in total. The van der Waals surface area contributed by atoms with E-state index in [0.29, 0.717) is 6.42 Å². The molecule has 0 heterocycles. The monoisotopic (exact) mass is 253 g/mol. The van der Waals surface area contributed by atoms with Gasteiger partial charge in [-0.15, -0.1) is 0 Å². The quantitative estimate of drug-likeness (QED) is 0.667. The molecular formula is C17H19NO. The first-order valence-electron chi connectivity index (χ1n) is 6.52. The molecule has 0 aliphatic rings. The van der Waals surface area contributed by atoms with Gasteiger partial charge in [-0.25, -0.2) is 0 Å². The second-order valence-electron chi connectivity index (χ2n) is 4.91. The van der Waals surface area contributed by atoms with Crippen LogP contribution in [0, 0.1) is 13.8 Å². The summed E-state index contributed by atoms with van der Waals surface area (Å²) in [7, 11) is 0. The molecule has 0 radical (unpaired) electrons. The van der Waals surface area contributed by atoms with Crippen molar-refractivity contribution in [2.75, 3.05) is 5.73 Å². The van der Waals surface area contributed by atoms with Crippen LogP contribution in [0.5, 0.6) is 0 Å². The molecule has 2 nitrogen and oxygen atoms in total. The lowest BCUT2D eigenvalue weighted by molar-refractivity contribution is 0.0982. The Labute approximate surface area is 114 Å². The van der Waals surface area contributed by atoms with Crippen LogP contribution in [0.2, 0.25) is 0 Å². The van der Waals surface area contributed by atoms with Gasteiger partial charge in [0.15, 0.2) is 5.78 Å². The molecule has 2 aromatic rings. The molecule has 0 spiro atoms. The maximum absolute atomic E-state index is 12.2. The summed E-state index contributed by atoms with van der Waals surface area (Å²) in [4.78, 5) is 12.2. The number of aryl methyl sites for hydroxylation is 2. The van der Waals surface area contributed by atoms with Crippen LogP contribution in [0.15, 0.2) is 42.5 Å². The van der Waals surface area contributed by atoms with E-state index in [4.69, 9.17) is 5.73 Å². The number of carbonyl (C=O) groups is 1. The first-order valence-corrected chi connectivity index (χ1v) is 6.52. The lowest BCUT2D eigenvalue weighted by atomic mass is 9.96. The first-order chi connectivity index (χ1) is 9.08. The zero-order chi connectivity index (χ0) is 13.8. The Morgan fingerprint density at radius 1 is 1.05 bits per heavy atom.